The Morgan fingerprint density at radius 1 is 0.946 bits per heavy atom. The molecule has 0 fully saturated rings. The van der Waals surface area contributed by atoms with Crippen LogP contribution in [0.5, 0.6) is 5.75 Å². The predicted molar refractivity (Wildman–Crippen MR) is 152 cm³/mol. The fourth-order valence-electron chi connectivity index (χ4n) is 3.97. The highest BCUT2D eigenvalue weighted by Gasteiger charge is 2.30. The van der Waals surface area contributed by atoms with Crippen LogP contribution >= 0.6 is 15.9 Å². The van der Waals surface area contributed by atoms with Gasteiger partial charge in [-0.1, -0.05) is 83.0 Å². The van der Waals surface area contributed by atoms with E-state index in [9.17, 15) is 9.59 Å². The van der Waals surface area contributed by atoms with Crippen molar-refractivity contribution < 1.29 is 14.3 Å². The summed E-state index contributed by atoms with van der Waals surface area (Å²) >= 11 is 3.48. The van der Waals surface area contributed by atoms with Crippen LogP contribution in [0.4, 0.5) is 0 Å². The molecule has 0 aliphatic rings. The summed E-state index contributed by atoms with van der Waals surface area (Å²) < 4.78 is 6.81. The Balaban J connectivity index is 1.78. The molecule has 6 heteroatoms. The Bertz CT molecular complexity index is 1120. The van der Waals surface area contributed by atoms with E-state index in [-0.39, 0.29) is 17.9 Å². The third kappa shape index (κ3) is 9.36. The zero-order valence-electron chi connectivity index (χ0n) is 22.0. The molecule has 3 rings (SSSR count). The lowest BCUT2D eigenvalue weighted by molar-refractivity contribution is -0.141. The Hall–Kier alpha value is -3.12. The largest absolute Gasteiger partial charge is 0.494 e. The number of nitrogens with zero attached hydrogens (tertiary/aromatic N) is 1. The first kappa shape index (κ1) is 28.5. The normalized spacial score (nSPS) is 12.4. The minimum atomic E-state index is -0.620. The van der Waals surface area contributed by atoms with Crippen molar-refractivity contribution in [1.29, 1.82) is 0 Å². The molecule has 0 heterocycles. The van der Waals surface area contributed by atoms with Gasteiger partial charge in [-0.05, 0) is 62.1 Å². The first-order chi connectivity index (χ1) is 17.9. The van der Waals surface area contributed by atoms with Crippen molar-refractivity contribution in [2.45, 2.75) is 65.1 Å². The monoisotopic (exact) mass is 564 g/mol. The molecule has 0 aliphatic carbocycles. The highest BCUT2D eigenvalue weighted by atomic mass is 79.9. The SMILES string of the molecule is CC[C@@H](C)NC(=O)[C@@H](Cc1ccccc1)N(Cc1ccc(Br)cc1)C(=O)CCCOc1ccc(C)cc1. The molecule has 0 saturated heterocycles. The first-order valence-electron chi connectivity index (χ1n) is 12.9. The van der Waals surface area contributed by atoms with E-state index in [1.54, 1.807) is 4.90 Å². The number of ether oxygens (including phenoxy) is 1. The van der Waals surface area contributed by atoms with Gasteiger partial charge in [0.2, 0.25) is 11.8 Å². The highest BCUT2D eigenvalue weighted by Crippen LogP contribution is 2.19. The van der Waals surface area contributed by atoms with Gasteiger partial charge in [-0.3, -0.25) is 9.59 Å². The van der Waals surface area contributed by atoms with Gasteiger partial charge in [-0.2, -0.15) is 0 Å². The fourth-order valence-corrected chi connectivity index (χ4v) is 4.24. The van der Waals surface area contributed by atoms with Crippen molar-refractivity contribution in [3.63, 3.8) is 0 Å². The number of amides is 2. The summed E-state index contributed by atoms with van der Waals surface area (Å²) in [5, 5.41) is 3.11. The number of benzene rings is 3. The van der Waals surface area contributed by atoms with Crippen LogP contribution in [0, 0.1) is 6.92 Å². The van der Waals surface area contributed by atoms with E-state index in [4.69, 9.17) is 4.74 Å². The first-order valence-corrected chi connectivity index (χ1v) is 13.7. The number of carbonyl (C=O) groups is 2. The van der Waals surface area contributed by atoms with Gasteiger partial charge >= 0.3 is 0 Å². The zero-order chi connectivity index (χ0) is 26.6. The quantitative estimate of drug-likeness (QED) is 0.242. The molecule has 0 aromatic heterocycles. The summed E-state index contributed by atoms with van der Waals surface area (Å²) in [6.45, 7) is 6.85. The lowest BCUT2D eigenvalue weighted by Crippen LogP contribution is -2.52. The van der Waals surface area contributed by atoms with E-state index in [2.05, 4.69) is 21.2 Å². The smallest absolute Gasteiger partial charge is 0.243 e. The van der Waals surface area contributed by atoms with Crippen LogP contribution in [0.25, 0.3) is 0 Å². The van der Waals surface area contributed by atoms with E-state index in [0.717, 1.165) is 27.8 Å². The number of carbonyl (C=O) groups excluding carboxylic acids is 2. The van der Waals surface area contributed by atoms with Crippen molar-refractivity contribution in [2.24, 2.45) is 0 Å². The zero-order valence-corrected chi connectivity index (χ0v) is 23.5. The summed E-state index contributed by atoms with van der Waals surface area (Å²) in [4.78, 5) is 28.9. The summed E-state index contributed by atoms with van der Waals surface area (Å²) in [7, 11) is 0. The molecule has 0 unspecified atom stereocenters. The minimum Gasteiger partial charge on any atom is -0.494 e. The van der Waals surface area contributed by atoms with Gasteiger partial charge in [-0.25, -0.2) is 0 Å². The van der Waals surface area contributed by atoms with E-state index in [0.29, 0.717) is 32.4 Å². The maximum absolute atomic E-state index is 13.6. The van der Waals surface area contributed by atoms with Crippen LogP contribution in [-0.2, 0) is 22.6 Å². The van der Waals surface area contributed by atoms with Crippen molar-refractivity contribution >= 4 is 27.7 Å². The third-order valence-electron chi connectivity index (χ3n) is 6.36. The molecule has 0 spiro atoms. The fraction of sp³-hybridized carbons (Fsp3) is 0.355. The number of rotatable bonds is 13. The van der Waals surface area contributed by atoms with Gasteiger partial charge < -0.3 is 15.0 Å². The second kappa shape index (κ2) is 14.6. The molecule has 0 radical (unpaired) electrons. The van der Waals surface area contributed by atoms with Gasteiger partial charge in [0.25, 0.3) is 0 Å². The standard InChI is InChI=1S/C31H37BrN2O3/c1-4-24(3)33-31(36)29(21-25-9-6-5-7-10-25)34(22-26-14-16-27(32)17-15-26)30(35)11-8-20-37-28-18-12-23(2)13-19-28/h5-7,9-10,12-19,24,29H,4,8,11,20-22H2,1-3H3,(H,33,36)/t24-,29-/m1/s1. The molecule has 5 nitrogen and oxygen atoms in total. The van der Waals surface area contributed by atoms with Crippen molar-refractivity contribution in [2.75, 3.05) is 6.61 Å². The Kier molecular flexibility index (Phi) is 11.2. The second-order valence-electron chi connectivity index (χ2n) is 9.44. The molecule has 2 atom stereocenters. The summed E-state index contributed by atoms with van der Waals surface area (Å²) in [5.41, 5.74) is 3.16. The Morgan fingerprint density at radius 2 is 1.62 bits per heavy atom. The molecule has 37 heavy (non-hydrogen) atoms. The topological polar surface area (TPSA) is 58.6 Å². The van der Waals surface area contributed by atoms with Crippen LogP contribution < -0.4 is 10.1 Å². The molecule has 1 N–H and O–H groups in total. The molecule has 2 amide bonds. The minimum absolute atomic E-state index is 0.0262. The lowest BCUT2D eigenvalue weighted by Gasteiger charge is -2.32. The van der Waals surface area contributed by atoms with Gasteiger partial charge in [0.05, 0.1) is 6.61 Å². The molecule has 0 saturated carbocycles. The summed E-state index contributed by atoms with van der Waals surface area (Å²) in [5.74, 6) is 0.606. The van der Waals surface area contributed by atoms with Crippen LogP contribution in [0.2, 0.25) is 0 Å². The summed E-state index contributed by atoms with van der Waals surface area (Å²) in [6, 6.07) is 25.0. The van der Waals surface area contributed by atoms with Crippen LogP contribution in [-0.4, -0.2) is 35.4 Å². The molecule has 0 bridgehead atoms. The number of aryl methyl sites for hydroxylation is 1. The average molecular weight is 566 g/mol. The van der Waals surface area contributed by atoms with E-state index in [1.807, 2.05) is 99.6 Å². The Labute approximate surface area is 229 Å². The maximum atomic E-state index is 13.6. The second-order valence-corrected chi connectivity index (χ2v) is 10.4. The van der Waals surface area contributed by atoms with Crippen LogP contribution in [0.3, 0.4) is 0 Å². The molecule has 3 aromatic carbocycles. The molecule has 0 aliphatic heterocycles. The number of nitrogens with one attached hydrogen (secondary N) is 1. The van der Waals surface area contributed by atoms with Gasteiger partial charge in [0.15, 0.2) is 0 Å². The van der Waals surface area contributed by atoms with Crippen molar-refractivity contribution in [3.8, 4) is 5.75 Å². The van der Waals surface area contributed by atoms with Gasteiger partial charge in [0, 0.05) is 29.9 Å². The average Bonchev–Trinajstić information content (AvgIpc) is 2.91. The lowest BCUT2D eigenvalue weighted by atomic mass is 10.0. The van der Waals surface area contributed by atoms with E-state index < -0.39 is 6.04 Å². The molecule has 3 aromatic rings. The number of hydrogen-bond donors (Lipinski definition) is 1. The van der Waals surface area contributed by atoms with E-state index >= 15 is 0 Å². The number of halogens is 1. The van der Waals surface area contributed by atoms with Crippen LogP contribution in [0.15, 0.2) is 83.3 Å². The molecular formula is C31H37BrN2O3. The summed E-state index contributed by atoms with van der Waals surface area (Å²) in [6.07, 6.45) is 2.13. The predicted octanol–water partition coefficient (Wildman–Crippen LogP) is 6.47. The van der Waals surface area contributed by atoms with Gasteiger partial charge in [-0.15, -0.1) is 0 Å². The molecule has 196 valence electrons. The van der Waals surface area contributed by atoms with Gasteiger partial charge in [0.1, 0.15) is 11.8 Å². The maximum Gasteiger partial charge on any atom is 0.243 e. The number of hydrogen-bond acceptors (Lipinski definition) is 3. The third-order valence-corrected chi connectivity index (χ3v) is 6.89. The highest BCUT2D eigenvalue weighted by molar-refractivity contribution is 9.10. The van der Waals surface area contributed by atoms with Crippen molar-refractivity contribution in [1.82, 2.24) is 10.2 Å². The van der Waals surface area contributed by atoms with Crippen LogP contribution in [0.1, 0.15) is 49.8 Å². The Morgan fingerprint density at radius 3 is 2.27 bits per heavy atom. The molecular weight excluding hydrogens is 528 g/mol. The van der Waals surface area contributed by atoms with E-state index in [1.165, 1.54) is 5.56 Å². The van der Waals surface area contributed by atoms with Crippen molar-refractivity contribution in [3.05, 3.63) is 100 Å².